The lowest BCUT2D eigenvalue weighted by atomic mass is 10.1. The Morgan fingerprint density at radius 2 is 1.36 bits per heavy atom. The number of nitro benzene ring substituents is 1. The molecule has 0 heterocycles. The zero-order chi connectivity index (χ0) is 36.2. The van der Waals surface area contributed by atoms with E-state index >= 15 is 0 Å². The minimum Gasteiger partial charge on any atom is -0.493 e. The number of amides is 2. The van der Waals surface area contributed by atoms with Gasteiger partial charge in [0.2, 0.25) is 11.5 Å². The largest absolute Gasteiger partial charge is 0.493 e. The Morgan fingerprint density at radius 3 is 1.96 bits per heavy atom. The van der Waals surface area contributed by atoms with Crippen LogP contribution < -0.4 is 39.2 Å². The molecule has 4 aromatic carbocycles. The van der Waals surface area contributed by atoms with E-state index in [9.17, 15) is 24.5 Å². The summed E-state index contributed by atoms with van der Waals surface area (Å²) >= 11 is 0. The summed E-state index contributed by atoms with van der Waals surface area (Å²) in [7, 11) is 4.33. The molecule has 4 aromatic rings. The number of hydrogen-bond acceptors (Lipinski definition) is 12. The van der Waals surface area contributed by atoms with E-state index in [-0.39, 0.29) is 28.0 Å². The first kappa shape index (κ1) is 36.2. The number of benzene rings is 4. The van der Waals surface area contributed by atoms with Crippen molar-refractivity contribution in [1.29, 1.82) is 0 Å². The Labute approximate surface area is 286 Å². The Kier molecular flexibility index (Phi) is 12.3. The fourth-order valence-corrected chi connectivity index (χ4v) is 4.57. The van der Waals surface area contributed by atoms with E-state index in [2.05, 4.69) is 15.8 Å². The van der Waals surface area contributed by atoms with E-state index in [4.69, 9.17) is 28.4 Å². The molecule has 0 saturated carbocycles. The van der Waals surface area contributed by atoms with Gasteiger partial charge < -0.3 is 33.7 Å². The highest BCUT2D eigenvalue weighted by Gasteiger charge is 2.23. The lowest BCUT2D eigenvalue weighted by Gasteiger charge is -2.14. The van der Waals surface area contributed by atoms with Crippen LogP contribution in [0.15, 0.2) is 77.9 Å². The van der Waals surface area contributed by atoms with Crippen LogP contribution in [0.5, 0.6) is 34.5 Å². The van der Waals surface area contributed by atoms with Crippen LogP contribution in [-0.4, -0.2) is 63.5 Å². The molecule has 0 atom stereocenters. The van der Waals surface area contributed by atoms with E-state index in [0.717, 1.165) is 6.21 Å². The molecule has 0 aliphatic carbocycles. The number of nitrogens with zero attached hydrogens (tertiary/aromatic N) is 2. The maximum atomic E-state index is 13.1. The maximum Gasteiger partial charge on any atom is 0.343 e. The van der Waals surface area contributed by atoms with Crippen LogP contribution >= 0.6 is 0 Å². The van der Waals surface area contributed by atoms with Crippen LogP contribution in [-0.2, 0) is 0 Å². The molecule has 2 amide bonds. The first-order valence-corrected chi connectivity index (χ1v) is 15.1. The van der Waals surface area contributed by atoms with Crippen molar-refractivity contribution >= 4 is 35.4 Å². The second kappa shape index (κ2) is 17.0. The number of hydrazone groups is 1. The normalized spacial score (nSPS) is 10.6. The van der Waals surface area contributed by atoms with Crippen molar-refractivity contribution < 1.29 is 47.7 Å². The highest BCUT2D eigenvalue weighted by molar-refractivity contribution is 6.05. The minimum atomic E-state index is -0.889. The van der Waals surface area contributed by atoms with Crippen LogP contribution in [0.1, 0.15) is 50.5 Å². The van der Waals surface area contributed by atoms with Crippen molar-refractivity contribution in [2.24, 2.45) is 5.10 Å². The summed E-state index contributed by atoms with van der Waals surface area (Å²) in [5.41, 5.74) is 2.79. The summed E-state index contributed by atoms with van der Waals surface area (Å²) in [6.07, 6.45) is 1.11. The molecule has 0 saturated heterocycles. The SMILES string of the molecule is CCOc1ccc(C(=O)Oc2c(/C=N/NC(=O)c3ccc(NC(=O)c4cc(OC)c(OC)c(OC)c4)cc3)cccc2[N+](=O)[O-])cc1OCC. The van der Waals surface area contributed by atoms with E-state index < -0.39 is 28.4 Å². The minimum absolute atomic E-state index is 0.0497. The monoisotopic (exact) mass is 686 g/mol. The van der Waals surface area contributed by atoms with E-state index in [0.29, 0.717) is 47.6 Å². The molecule has 0 aliphatic rings. The topological polar surface area (TPSA) is 186 Å². The average molecular weight is 687 g/mol. The molecule has 50 heavy (non-hydrogen) atoms. The molecule has 260 valence electrons. The summed E-state index contributed by atoms with van der Waals surface area (Å²) in [6, 6.07) is 17.4. The number of para-hydroxylation sites is 1. The van der Waals surface area contributed by atoms with Gasteiger partial charge in [0.05, 0.1) is 51.2 Å². The van der Waals surface area contributed by atoms with Crippen molar-refractivity contribution in [2.45, 2.75) is 13.8 Å². The van der Waals surface area contributed by atoms with Gasteiger partial charge in [-0.3, -0.25) is 19.7 Å². The maximum absolute atomic E-state index is 13.1. The molecule has 0 fully saturated rings. The number of carbonyl (C=O) groups is 3. The summed E-state index contributed by atoms with van der Waals surface area (Å²) in [5, 5.41) is 18.4. The molecule has 15 heteroatoms. The Bertz CT molecular complexity index is 1880. The van der Waals surface area contributed by atoms with Crippen molar-refractivity contribution in [1.82, 2.24) is 5.43 Å². The number of rotatable bonds is 15. The number of carbonyl (C=O) groups excluding carboxylic acids is 3. The van der Waals surface area contributed by atoms with Crippen LogP contribution in [0.2, 0.25) is 0 Å². The number of nitro groups is 1. The van der Waals surface area contributed by atoms with E-state index in [1.807, 2.05) is 0 Å². The van der Waals surface area contributed by atoms with Crippen LogP contribution in [0.3, 0.4) is 0 Å². The molecular formula is C35H34N4O11. The highest BCUT2D eigenvalue weighted by Crippen LogP contribution is 2.38. The number of hydrogen-bond donors (Lipinski definition) is 2. The first-order chi connectivity index (χ1) is 24.1. The fraction of sp³-hybridized carbons (Fsp3) is 0.200. The zero-order valence-corrected chi connectivity index (χ0v) is 27.8. The van der Waals surface area contributed by atoms with Crippen molar-refractivity contribution in [3.8, 4) is 34.5 Å². The predicted molar refractivity (Wildman–Crippen MR) is 182 cm³/mol. The standard InChI is InChI=1S/C35H34N4O11/c1-6-48-27-16-13-22(17-28(27)49-7-2)35(42)50-31-23(9-8-10-26(31)39(43)44)20-36-38-34(41)21-11-14-25(15-12-21)37-33(40)24-18-29(45-3)32(47-5)30(19-24)46-4/h8-20H,6-7H2,1-5H3,(H,37,40)(H,38,41)/b36-20+. The van der Waals surface area contributed by atoms with Gasteiger partial charge in [0, 0.05) is 28.4 Å². The summed E-state index contributed by atoms with van der Waals surface area (Å²) in [4.78, 5) is 49.9. The van der Waals surface area contributed by atoms with Crippen molar-refractivity contribution in [3.05, 3.63) is 105 Å². The summed E-state index contributed by atoms with van der Waals surface area (Å²) < 4.78 is 32.4. The molecule has 4 rings (SSSR count). The van der Waals surface area contributed by atoms with Gasteiger partial charge in [-0.2, -0.15) is 5.10 Å². The van der Waals surface area contributed by atoms with Gasteiger partial charge in [0.25, 0.3) is 11.8 Å². The first-order valence-electron chi connectivity index (χ1n) is 15.1. The molecule has 0 spiro atoms. The van der Waals surface area contributed by atoms with Gasteiger partial charge >= 0.3 is 11.7 Å². The van der Waals surface area contributed by atoms with Crippen molar-refractivity contribution in [2.75, 3.05) is 39.9 Å². The molecular weight excluding hydrogens is 652 g/mol. The number of esters is 1. The second-order valence-electron chi connectivity index (χ2n) is 10.0. The number of anilines is 1. The molecule has 0 bridgehead atoms. The van der Waals surface area contributed by atoms with Gasteiger partial charge in [-0.05, 0) is 74.5 Å². The zero-order valence-electron chi connectivity index (χ0n) is 27.8. The van der Waals surface area contributed by atoms with Gasteiger partial charge in [-0.15, -0.1) is 0 Å². The third kappa shape index (κ3) is 8.63. The van der Waals surface area contributed by atoms with Gasteiger partial charge in [-0.1, -0.05) is 6.07 Å². The molecule has 0 unspecified atom stereocenters. The smallest absolute Gasteiger partial charge is 0.343 e. The van der Waals surface area contributed by atoms with Gasteiger partial charge in [-0.25, -0.2) is 10.2 Å². The van der Waals surface area contributed by atoms with Crippen LogP contribution in [0, 0.1) is 10.1 Å². The van der Waals surface area contributed by atoms with E-state index in [1.165, 1.54) is 88.1 Å². The molecule has 0 aromatic heterocycles. The number of methoxy groups -OCH3 is 3. The molecule has 0 radical (unpaired) electrons. The average Bonchev–Trinajstić information content (AvgIpc) is 3.12. The Balaban J connectivity index is 1.46. The lowest BCUT2D eigenvalue weighted by Crippen LogP contribution is -2.18. The summed E-state index contributed by atoms with van der Waals surface area (Å²) in [6.45, 7) is 4.26. The highest BCUT2D eigenvalue weighted by atomic mass is 16.6. The van der Waals surface area contributed by atoms with Crippen LogP contribution in [0.4, 0.5) is 11.4 Å². The quantitative estimate of drug-likeness (QED) is 0.0517. The second-order valence-corrected chi connectivity index (χ2v) is 10.0. The molecule has 15 nitrogen and oxygen atoms in total. The third-order valence-electron chi connectivity index (χ3n) is 6.90. The Morgan fingerprint density at radius 1 is 0.740 bits per heavy atom. The number of ether oxygens (including phenoxy) is 6. The van der Waals surface area contributed by atoms with Crippen LogP contribution in [0.25, 0.3) is 0 Å². The van der Waals surface area contributed by atoms with Gasteiger partial charge in [0.1, 0.15) is 0 Å². The number of nitrogens with one attached hydrogen (secondary N) is 2. The fourth-order valence-electron chi connectivity index (χ4n) is 4.57. The predicted octanol–water partition coefficient (Wildman–Crippen LogP) is 5.65. The molecule has 2 N–H and O–H groups in total. The van der Waals surface area contributed by atoms with E-state index in [1.54, 1.807) is 19.9 Å². The summed E-state index contributed by atoms with van der Waals surface area (Å²) in [5.74, 6) is -0.651. The molecule has 0 aliphatic heterocycles. The van der Waals surface area contributed by atoms with Gasteiger partial charge in [0.15, 0.2) is 23.0 Å². The lowest BCUT2D eigenvalue weighted by molar-refractivity contribution is -0.385. The third-order valence-corrected chi connectivity index (χ3v) is 6.90. The Hall–Kier alpha value is -6.64. The van der Waals surface area contributed by atoms with Crippen molar-refractivity contribution in [3.63, 3.8) is 0 Å².